The fourth-order valence-corrected chi connectivity index (χ4v) is 11.6. The molecule has 7 nitrogen and oxygen atoms in total. The minimum atomic E-state index is -1.03. The second-order valence-electron chi connectivity index (χ2n) is 14.7. The fraction of sp³-hybridized carbons (Fsp3) is 0.541. The molecule has 9 rings (SSSR count). The molecule has 5 saturated carbocycles. The first-order chi connectivity index (χ1) is 21.1. The third-order valence-electron chi connectivity index (χ3n) is 13.4. The first kappa shape index (κ1) is 27.1. The molecule has 1 spiro atoms. The highest BCUT2D eigenvalue weighted by atomic mass is 16.8. The first-order valence-corrected chi connectivity index (χ1v) is 16.2. The van der Waals surface area contributed by atoms with Gasteiger partial charge in [-0.1, -0.05) is 67.8 Å². The molecule has 44 heavy (non-hydrogen) atoms. The van der Waals surface area contributed by atoms with E-state index < -0.39 is 35.1 Å². The van der Waals surface area contributed by atoms with Crippen molar-refractivity contribution in [3.8, 4) is 0 Å². The molecule has 0 radical (unpaired) electrons. The fourth-order valence-electron chi connectivity index (χ4n) is 11.6. The number of Topliss-reactive ketones (excluding diaryl/α,β-unsaturated/α-hetero) is 1. The molecular formula is C37H38O7. The van der Waals surface area contributed by atoms with E-state index in [9.17, 15) is 14.4 Å². The number of esters is 2. The topological polar surface area (TPSA) is 88.1 Å². The Labute approximate surface area is 257 Å². The molecule has 3 aliphatic heterocycles. The number of ether oxygens (including phenoxy) is 4. The summed E-state index contributed by atoms with van der Waals surface area (Å²) in [7, 11) is 0. The van der Waals surface area contributed by atoms with Crippen LogP contribution in [0, 0.1) is 40.9 Å². The standard InChI is InChI=1S/C37H38O7/c1-18-10-12-23-20(3)32(39)41-30(23)28-25(18)16-27(38)35(28)14-15-36-29-26(19(2)11-13-24-21(4)33(40)42-31(24)29)17-37(35,36)44-34(43-36)22-8-6-5-7-9-22/h5-9,23-26,28-31,34H,1-4,10-17H2/t23-,24-,25?,26-,28?,29-,30-,31-,34?,35+,36-,37-/m0/s1. The highest BCUT2D eigenvalue weighted by Gasteiger charge is 2.87. The SMILES string of the molecule is C=C1CC[C@H]2C(=C)C(=O)O[C@@H]2C2C1CC(=O)[C@]21CC[C@@]23OC(c4ccccc4)O[C@]21C[C@H]1C(=C)CC[C@H]2C(=C)C(=O)O[C@@H]2[C@H]13. The van der Waals surface area contributed by atoms with E-state index in [1.165, 1.54) is 0 Å². The number of ketones is 1. The second kappa shape index (κ2) is 8.70. The normalized spacial score (nSPS) is 48.7. The zero-order valence-electron chi connectivity index (χ0n) is 24.9. The zero-order chi connectivity index (χ0) is 30.3. The zero-order valence-corrected chi connectivity index (χ0v) is 24.9. The van der Waals surface area contributed by atoms with Crippen LogP contribution in [0.4, 0.5) is 0 Å². The molecule has 7 heteroatoms. The smallest absolute Gasteiger partial charge is 0.334 e. The van der Waals surface area contributed by atoms with Crippen LogP contribution in [0.3, 0.4) is 0 Å². The van der Waals surface area contributed by atoms with Crippen LogP contribution in [0.2, 0.25) is 0 Å². The van der Waals surface area contributed by atoms with Crippen molar-refractivity contribution < 1.29 is 33.3 Å². The van der Waals surface area contributed by atoms with Crippen LogP contribution < -0.4 is 0 Å². The summed E-state index contributed by atoms with van der Waals surface area (Å²) in [4.78, 5) is 40.9. The maximum atomic E-state index is 14.9. The van der Waals surface area contributed by atoms with Crippen LogP contribution in [0.15, 0.2) is 78.9 Å². The number of hydrogen-bond acceptors (Lipinski definition) is 7. The van der Waals surface area contributed by atoms with Gasteiger partial charge in [0, 0.05) is 46.8 Å². The van der Waals surface area contributed by atoms with E-state index in [4.69, 9.17) is 18.9 Å². The van der Waals surface area contributed by atoms with Crippen molar-refractivity contribution in [3.63, 3.8) is 0 Å². The van der Waals surface area contributed by atoms with Gasteiger partial charge in [-0.25, -0.2) is 9.59 Å². The number of hydrogen-bond donors (Lipinski definition) is 0. The maximum Gasteiger partial charge on any atom is 0.334 e. The minimum Gasteiger partial charge on any atom is -0.458 e. The Morgan fingerprint density at radius 1 is 0.705 bits per heavy atom. The van der Waals surface area contributed by atoms with Gasteiger partial charge in [-0.15, -0.1) is 0 Å². The Bertz CT molecular complexity index is 1590. The van der Waals surface area contributed by atoms with E-state index in [-0.39, 0.29) is 53.2 Å². The number of benzene rings is 1. The van der Waals surface area contributed by atoms with E-state index in [0.717, 1.165) is 42.4 Å². The lowest BCUT2D eigenvalue weighted by Gasteiger charge is -2.48. The van der Waals surface area contributed by atoms with E-state index in [2.05, 4.69) is 26.3 Å². The molecule has 1 aromatic rings. The molecule has 3 heterocycles. The van der Waals surface area contributed by atoms with Crippen LogP contribution in [0.5, 0.6) is 0 Å². The van der Waals surface area contributed by atoms with Crippen LogP contribution in [0.1, 0.15) is 63.2 Å². The quantitative estimate of drug-likeness (QED) is 0.233. The summed E-state index contributed by atoms with van der Waals surface area (Å²) in [5.41, 5.74) is 1.12. The van der Waals surface area contributed by atoms with Gasteiger partial charge in [0.25, 0.3) is 0 Å². The monoisotopic (exact) mass is 594 g/mol. The van der Waals surface area contributed by atoms with Gasteiger partial charge in [0.1, 0.15) is 29.2 Å². The molecule has 1 aromatic carbocycles. The molecule has 0 N–H and O–H groups in total. The van der Waals surface area contributed by atoms with Crippen molar-refractivity contribution >= 4 is 17.7 Å². The molecule has 3 saturated heterocycles. The molecule has 3 unspecified atom stereocenters. The third kappa shape index (κ3) is 2.95. The molecule has 8 aliphatic rings. The summed E-state index contributed by atoms with van der Waals surface area (Å²) in [6, 6.07) is 9.88. The van der Waals surface area contributed by atoms with Gasteiger partial charge in [-0.3, -0.25) is 4.79 Å². The Hall–Kier alpha value is -3.29. The lowest BCUT2D eigenvalue weighted by molar-refractivity contribution is -0.181. The molecule has 5 aliphatic carbocycles. The Morgan fingerprint density at radius 3 is 1.98 bits per heavy atom. The number of allylic oxidation sites excluding steroid dienone is 2. The molecular weight excluding hydrogens is 556 g/mol. The van der Waals surface area contributed by atoms with E-state index in [0.29, 0.717) is 36.8 Å². The van der Waals surface area contributed by atoms with Crippen molar-refractivity contribution in [1.82, 2.24) is 0 Å². The molecule has 0 amide bonds. The number of carbonyl (C=O) groups excluding carboxylic acids is 3. The van der Waals surface area contributed by atoms with Crippen molar-refractivity contribution in [2.75, 3.05) is 0 Å². The molecule has 0 bridgehead atoms. The average molecular weight is 595 g/mol. The van der Waals surface area contributed by atoms with E-state index in [1.54, 1.807) is 0 Å². The summed E-state index contributed by atoms with van der Waals surface area (Å²) in [6.45, 7) is 17.3. The summed E-state index contributed by atoms with van der Waals surface area (Å²) in [6.07, 6.45) is 3.39. The highest BCUT2D eigenvalue weighted by Crippen LogP contribution is 2.79. The van der Waals surface area contributed by atoms with Gasteiger partial charge < -0.3 is 18.9 Å². The summed E-state index contributed by atoms with van der Waals surface area (Å²) >= 11 is 0. The molecule has 12 atom stereocenters. The van der Waals surface area contributed by atoms with Crippen LogP contribution in [-0.4, -0.2) is 41.1 Å². The number of carbonyl (C=O) groups is 3. The first-order valence-electron chi connectivity index (χ1n) is 16.2. The second-order valence-corrected chi connectivity index (χ2v) is 14.7. The number of rotatable bonds is 1. The maximum absolute atomic E-state index is 14.9. The van der Waals surface area contributed by atoms with Gasteiger partial charge in [0.2, 0.25) is 0 Å². The summed E-state index contributed by atoms with van der Waals surface area (Å²) in [5.74, 6) is -1.58. The Morgan fingerprint density at radius 2 is 1.32 bits per heavy atom. The van der Waals surface area contributed by atoms with Crippen molar-refractivity contribution in [2.24, 2.45) is 40.9 Å². The minimum absolute atomic E-state index is 0.0599. The van der Waals surface area contributed by atoms with E-state index in [1.807, 2.05) is 30.3 Å². The van der Waals surface area contributed by atoms with Gasteiger partial charge in [0.05, 0.1) is 5.41 Å². The highest BCUT2D eigenvalue weighted by molar-refractivity contribution is 5.94. The lowest BCUT2D eigenvalue weighted by atomic mass is 9.59. The number of fused-ring (bicyclic) bond motifs is 7. The predicted octanol–water partition coefficient (Wildman–Crippen LogP) is 5.73. The third-order valence-corrected chi connectivity index (χ3v) is 13.4. The van der Waals surface area contributed by atoms with Crippen molar-refractivity contribution in [2.45, 2.75) is 81.1 Å². The Balaban J connectivity index is 1.27. The van der Waals surface area contributed by atoms with Crippen LogP contribution in [0.25, 0.3) is 0 Å². The van der Waals surface area contributed by atoms with Crippen LogP contribution in [-0.2, 0) is 33.3 Å². The van der Waals surface area contributed by atoms with Crippen molar-refractivity contribution in [1.29, 1.82) is 0 Å². The van der Waals surface area contributed by atoms with E-state index >= 15 is 0 Å². The van der Waals surface area contributed by atoms with Crippen LogP contribution >= 0.6 is 0 Å². The van der Waals surface area contributed by atoms with Crippen molar-refractivity contribution in [3.05, 3.63) is 84.5 Å². The van der Waals surface area contributed by atoms with Gasteiger partial charge in [-0.05, 0) is 56.8 Å². The Kier molecular flexibility index (Phi) is 5.35. The molecule has 0 aromatic heterocycles. The lowest BCUT2D eigenvalue weighted by Crippen LogP contribution is -2.61. The molecule has 228 valence electrons. The van der Waals surface area contributed by atoms with Gasteiger partial charge >= 0.3 is 11.9 Å². The summed E-state index contributed by atoms with van der Waals surface area (Å²) in [5, 5.41) is 0. The molecule has 8 fully saturated rings. The average Bonchev–Trinajstić information content (AvgIpc) is 3.75. The largest absolute Gasteiger partial charge is 0.458 e. The predicted molar refractivity (Wildman–Crippen MR) is 158 cm³/mol. The summed E-state index contributed by atoms with van der Waals surface area (Å²) < 4.78 is 27.0. The van der Waals surface area contributed by atoms with Gasteiger partial charge in [0.15, 0.2) is 6.29 Å². The van der Waals surface area contributed by atoms with Gasteiger partial charge in [-0.2, -0.15) is 0 Å².